The summed E-state index contributed by atoms with van der Waals surface area (Å²) in [7, 11) is 0. The van der Waals surface area contributed by atoms with Gasteiger partial charge in [0.15, 0.2) is 6.23 Å². The molecular weight excluding hydrogens is 206 g/mol. The molecule has 15 heavy (non-hydrogen) atoms. The molecule has 1 fully saturated rings. The minimum absolute atomic E-state index is 0.445. The molecule has 0 aromatic carbocycles. The first-order valence-corrected chi connectivity index (χ1v) is 4.55. The van der Waals surface area contributed by atoms with E-state index in [9.17, 15) is 20.1 Å². The van der Waals surface area contributed by atoms with Crippen molar-refractivity contribution in [1.29, 1.82) is 0 Å². The third kappa shape index (κ3) is 2.64. The Labute approximate surface area is 86.3 Å². The fourth-order valence-corrected chi connectivity index (χ4v) is 1.42. The number of nitrogens with one attached hydrogen (secondary N) is 1. The molecule has 0 unspecified atom stereocenters. The van der Waals surface area contributed by atoms with Crippen LogP contribution in [0.1, 0.15) is 6.92 Å². The third-order valence-corrected chi connectivity index (χ3v) is 2.24. The highest BCUT2D eigenvalue weighted by molar-refractivity contribution is 5.73. The van der Waals surface area contributed by atoms with Crippen LogP contribution in [0.4, 0.5) is 0 Å². The normalized spacial score (nSPS) is 41.3. The second-order valence-corrected chi connectivity index (χ2v) is 3.45. The first-order chi connectivity index (χ1) is 6.97. The number of amides is 1. The van der Waals surface area contributed by atoms with Gasteiger partial charge < -0.3 is 30.5 Å². The molecule has 0 aromatic heterocycles. The van der Waals surface area contributed by atoms with Crippen LogP contribution in [0, 0.1) is 0 Å². The van der Waals surface area contributed by atoms with Crippen molar-refractivity contribution in [1.82, 2.24) is 5.32 Å². The highest BCUT2D eigenvalue weighted by Crippen LogP contribution is 2.19. The molecule has 0 aromatic rings. The van der Waals surface area contributed by atoms with Crippen LogP contribution < -0.4 is 5.32 Å². The van der Waals surface area contributed by atoms with E-state index in [0.717, 1.165) is 0 Å². The lowest BCUT2D eigenvalue weighted by atomic mass is 9.98. The highest BCUT2D eigenvalue weighted by Gasteiger charge is 2.43. The van der Waals surface area contributed by atoms with E-state index >= 15 is 0 Å². The minimum Gasteiger partial charge on any atom is -0.394 e. The van der Waals surface area contributed by atoms with Crippen LogP contribution in [0.25, 0.3) is 0 Å². The molecule has 0 spiro atoms. The Hall–Kier alpha value is -0.730. The number of carbonyl (C=O) groups excluding carboxylic acids is 1. The molecule has 1 amide bonds. The predicted octanol–water partition coefficient (Wildman–Crippen LogP) is -3.08. The van der Waals surface area contributed by atoms with Gasteiger partial charge in [0.1, 0.15) is 24.4 Å². The van der Waals surface area contributed by atoms with Crippen molar-refractivity contribution in [2.75, 3.05) is 6.61 Å². The number of rotatable bonds is 2. The van der Waals surface area contributed by atoms with Crippen molar-refractivity contribution in [2.24, 2.45) is 0 Å². The molecule has 7 nitrogen and oxygen atoms in total. The summed E-state index contributed by atoms with van der Waals surface area (Å²) in [5.74, 6) is -0.445. The molecular formula is C8H15NO6. The van der Waals surface area contributed by atoms with Crippen LogP contribution in [-0.2, 0) is 9.53 Å². The molecule has 1 saturated heterocycles. The molecule has 88 valence electrons. The molecule has 0 aliphatic carbocycles. The fraction of sp³-hybridized carbons (Fsp3) is 0.875. The SMILES string of the molecule is CC(=O)N[C@@H]1O[C@H](CO)[C@H](O)[C@@H](O)[C@@H]1O. The highest BCUT2D eigenvalue weighted by atomic mass is 16.6. The van der Waals surface area contributed by atoms with Crippen molar-refractivity contribution in [3.05, 3.63) is 0 Å². The molecule has 1 aliphatic rings. The first kappa shape index (κ1) is 12.3. The average Bonchev–Trinajstić information content (AvgIpc) is 2.18. The van der Waals surface area contributed by atoms with E-state index in [1.54, 1.807) is 0 Å². The van der Waals surface area contributed by atoms with Gasteiger partial charge in [0.25, 0.3) is 0 Å². The van der Waals surface area contributed by atoms with Crippen molar-refractivity contribution in [2.45, 2.75) is 37.6 Å². The Morgan fingerprint density at radius 2 is 1.87 bits per heavy atom. The van der Waals surface area contributed by atoms with E-state index in [2.05, 4.69) is 5.32 Å². The Morgan fingerprint density at radius 1 is 1.27 bits per heavy atom. The molecule has 0 radical (unpaired) electrons. The van der Waals surface area contributed by atoms with Crippen LogP contribution >= 0.6 is 0 Å². The van der Waals surface area contributed by atoms with Crippen LogP contribution in [0.2, 0.25) is 0 Å². The standard InChI is InChI=1S/C8H15NO6/c1-3(11)9-8-7(14)6(13)5(12)4(2-10)15-8/h4-8,10,12-14H,2H2,1H3,(H,9,11)/t4-,5+,6-,7+,8-/m1/s1. The summed E-state index contributed by atoms with van der Waals surface area (Å²) in [5, 5.41) is 39.3. The zero-order valence-corrected chi connectivity index (χ0v) is 8.20. The Bertz CT molecular complexity index is 233. The Kier molecular flexibility index (Phi) is 4.00. The number of hydrogen-bond acceptors (Lipinski definition) is 6. The molecule has 0 bridgehead atoms. The number of ether oxygens (including phenoxy) is 1. The summed E-state index contributed by atoms with van der Waals surface area (Å²) in [5.41, 5.74) is 0. The summed E-state index contributed by atoms with van der Waals surface area (Å²) in [4.78, 5) is 10.7. The van der Waals surface area contributed by atoms with Gasteiger partial charge in [0, 0.05) is 6.92 Å². The van der Waals surface area contributed by atoms with Gasteiger partial charge in [-0.25, -0.2) is 0 Å². The molecule has 1 heterocycles. The average molecular weight is 221 g/mol. The van der Waals surface area contributed by atoms with E-state index < -0.39 is 43.2 Å². The maximum atomic E-state index is 10.7. The molecule has 5 atom stereocenters. The maximum Gasteiger partial charge on any atom is 0.218 e. The molecule has 1 aliphatic heterocycles. The van der Waals surface area contributed by atoms with Crippen LogP contribution in [0.15, 0.2) is 0 Å². The van der Waals surface area contributed by atoms with Crippen LogP contribution in [-0.4, -0.2) is 63.6 Å². The number of aliphatic hydroxyl groups is 4. The Morgan fingerprint density at radius 3 is 2.33 bits per heavy atom. The molecule has 0 saturated carbocycles. The maximum absolute atomic E-state index is 10.7. The van der Waals surface area contributed by atoms with E-state index in [4.69, 9.17) is 9.84 Å². The van der Waals surface area contributed by atoms with Crippen molar-refractivity contribution in [3.63, 3.8) is 0 Å². The molecule has 5 N–H and O–H groups in total. The quantitative estimate of drug-likeness (QED) is 0.337. The van der Waals surface area contributed by atoms with Gasteiger partial charge in [-0.3, -0.25) is 4.79 Å². The van der Waals surface area contributed by atoms with Crippen molar-refractivity contribution < 1.29 is 30.0 Å². The summed E-state index contributed by atoms with van der Waals surface area (Å²) < 4.78 is 5.00. The van der Waals surface area contributed by atoms with Gasteiger partial charge in [-0.1, -0.05) is 0 Å². The minimum atomic E-state index is -1.47. The van der Waals surface area contributed by atoms with Gasteiger partial charge in [-0.2, -0.15) is 0 Å². The van der Waals surface area contributed by atoms with Crippen LogP contribution in [0.3, 0.4) is 0 Å². The van der Waals surface area contributed by atoms with Gasteiger partial charge >= 0.3 is 0 Å². The zero-order chi connectivity index (χ0) is 11.6. The van der Waals surface area contributed by atoms with E-state index in [1.165, 1.54) is 6.92 Å². The third-order valence-electron chi connectivity index (χ3n) is 2.24. The fourth-order valence-electron chi connectivity index (χ4n) is 1.42. The number of hydrogen-bond donors (Lipinski definition) is 5. The first-order valence-electron chi connectivity index (χ1n) is 4.55. The van der Waals surface area contributed by atoms with Crippen LogP contribution in [0.5, 0.6) is 0 Å². The molecule has 7 heteroatoms. The smallest absolute Gasteiger partial charge is 0.218 e. The zero-order valence-electron chi connectivity index (χ0n) is 8.20. The predicted molar refractivity (Wildman–Crippen MR) is 47.6 cm³/mol. The van der Waals surface area contributed by atoms with Gasteiger partial charge in [0.2, 0.25) is 5.91 Å². The molecule has 1 rings (SSSR count). The lowest BCUT2D eigenvalue weighted by Gasteiger charge is -2.39. The van der Waals surface area contributed by atoms with E-state index in [-0.39, 0.29) is 0 Å². The summed E-state index contributed by atoms with van der Waals surface area (Å²) in [6, 6.07) is 0. The van der Waals surface area contributed by atoms with E-state index in [0.29, 0.717) is 0 Å². The van der Waals surface area contributed by atoms with Gasteiger partial charge in [0.05, 0.1) is 6.61 Å². The summed E-state index contributed by atoms with van der Waals surface area (Å²) >= 11 is 0. The number of carbonyl (C=O) groups is 1. The van der Waals surface area contributed by atoms with E-state index in [1.807, 2.05) is 0 Å². The summed E-state index contributed by atoms with van der Waals surface area (Å²) in [6.07, 6.45) is -6.42. The summed E-state index contributed by atoms with van der Waals surface area (Å²) in [6.45, 7) is 0.711. The van der Waals surface area contributed by atoms with Gasteiger partial charge in [-0.15, -0.1) is 0 Å². The second-order valence-electron chi connectivity index (χ2n) is 3.45. The largest absolute Gasteiger partial charge is 0.394 e. The Balaban J connectivity index is 2.69. The van der Waals surface area contributed by atoms with Gasteiger partial charge in [-0.05, 0) is 0 Å². The lowest BCUT2D eigenvalue weighted by Crippen LogP contribution is -2.63. The lowest BCUT2D eigenvalue weighted by molar-refractivity contribution is -0.235. The number of aliphatic hydroxyl groups excluding tert-OH is 4. The topological polar surface area (TPSA) is 119 Å². The van der Waals surface area contributed by atoms with Crippen molar-refractivity contribution >= 4 is 5.91 Å². The monoisotopic (exact) mass is 221 g/mol. The second kappa shape index (κ2) is 4.86. The van der Waals surface area contributed by atoms with Crippen molar-refractivity contribution in [3.8, 4) is 0 Å².